The first kappa shape index (κ1) is 9.72. The number of hydrogen-bond acceptors (Lipinski definition) is 2. The highest BCUT2D eigenvalue weighted by Crippen LogP contribution is 2.46. The van der Waals surface area contributed by atoms with Gasteiger partial charge in [0.15, 0.2) is 0 Å². The molecule has 2 nitrogen and oxygen atoms in total. The zero-order valence-electron chi connectivity index (χ0n) is 8.39. The van der Waals surface area contributed by atoms with Crippen molar-refractivity contribution in [1.29, 1.82) is 0 Å². The minimum Gasteiger partial charge on any atom is -0.309 e. The van der Waals surface area contributed by atoms with Crippen LogP contribution < -0.4 is 0 Å². The molecule has 1 aliphatic carbocycles. The number of rotatable bonds is 5. The number of carbonyl (C=O) groups excluding carboxylic acids is 1. The lowest BCUT2D eigenvalue weighted by Gasteiger charge is -2.10. The van der Waals surface area contributed by atoms with Crippen LogP contribution in [0.15, 0.2) is 0 Å². The fourth-order valence-corrected chi connectivity index (χ4v) is 1.32. The highest BCUT2D eigenvalue weighted by Gasteiger charge is 2.43. The summed E-state index contributed by atoms with van der Waals surface area (Å²) < 4.78 is 0. The molecule has 0 aromatic heterocycles. The lowest BCUT2D eigenvalue weighted by Crippen LogP contribution is -2.17. The topological polar surface area (TPSA) is 20.3 Å². The van der Waals surface area contributed by atoms with Crippen molar-refractivity contribution in [2.45, 2.75) is 32.6 Å². The van der Waals surface area contributed by atoms with Crippen LogP contribution in [0.4, 0.5) is 0 Å². The normalized spacial score (nSPS) is 19.7. The van der Waals surface area contributed by atoms with Gasteiger partial charge in [-0.05, 0) is 39.9 Å². The van der Waals surface area contributed by atoms with Crippen molar-refractivity contribution in [2.24, 2.45) is 5.41 Å². The Hall–Kier alpha value is -0.370. The van der Waals surface area contributed by atoms with E-state index >= 15 is 0 Å². The molecule has 0 aliphatic heterocycles. The van der Waals surface area contributed by atoms with Crippen LogP contribution in [0, 0.1) is 5.41 Å². The van der Waals surface area contributed by atoms with E-state index < -0.39 is 0 Å². The summed E-state index contributed by atoms with van der Waals surface area (Å²) in [5, 5.41) is 0. The van der Waals surface area contributed by atoms with Crippen LogP contribution in [0.25, 0.3) is 0 Å². The fourth-order valence-electron chi connectivity index (χ4n) is 1.32. The highest BCUT2D eigenvalue weighted by atomic mass is 16.1. The van der Waals surface area contributed by atoms with Gasteiger partial charge in [-0.15, -0.1) is 0 Å². The molecule has 0 saturated heterocycles. The van der Waals surface area contributed by atoms with E-state index in [1.54, 1.807) is 0 Å². The zero-order valence-corrected chi connectivity index (χ0v) is 8.39. The lowest BCUT2D eigenvalue weighted by molar-refractivity contribution is -0.123. The molecular weight excluding hydrogens is 150 g/mol. The van der Waals surface area contributed by atoms with Crippen molar-refractivity contribution in [1.82, 2.24) is 4.90 Å². The van der Waals surface area contributed by atoms with Gasteiger partial charge in [0.25, 0.3) is 0 Å². The van der Waals surface area contributed by atoms with E-state index in [2.05, 4.69) is 11.8 Å². The third-order valence-corrected chi connectivity index (χ3v) is 2.68. The molecule has 12 heavy (non-hydrogen) atoms. The van der Waals surface area contributed by atoms with Gasteiger partial charge in [-0.3, -0.25) is 4.79 Å². The molecule has 70 valence electrons. The van der Waals surface area contributed by atoms with E-state index in [1.165, 1.54) is 0 Å². The molecule has 1 saturated carbocycles. The third kappa shape index (κ3) is 2.59. The molecule has 0 aromatic rings. The second kappa shape index (κ2) is 3.56. The minimum absolute atomic E-state index is 0.0896. The number of ketones is 1. The molecule has 0 unspecified atom stereocenters. The van der Waals surface area contributed by atoms with Crippen LogP contribution in [0.5, 0.6) is 0 Å². The Balaban J connectivity index is 2.11. The first-order valence-corrected chi connectivity index (χ1v) is 4.73. The molecule has 0 radical (unpaired) electrons. The molecule has 0 N–H and O–H groups in total. The standard InChI is InChI=1S/C10H19NO/c1-10(6-7-10)9(12)5-4-8-11(2)3/h4-8H2,1-3H3. The summed E-state index contributed by atoms with van der Waals surface area (Å²) in [6.07, 6.45) is 4.03. The molecule has 0 aromatic carbocycles. The maximum Gasteiger partial charge on any atom is 0.138 e. The number of Topliss-reactive ketones (excluding diaryl/α,β-unsaturated/α-hetero) is 1. The second-order valence-corrected chi connectivity index (χ2v) is 4.39. The van der Waals surface area contributed by atoms with Crippen molar-refractivity contribution in [3.05, 3.63) is 0 Å². The smallest absolute Gasteiger partial charge is 0.138 e. The quantitative estimate of drug-likeness (QED) is 0.624. The Morgan fingerprint density at radius 2 is 2.00 bits per heavy atom. The summed E-state index contributed by atoms with van der Waals surface area (Å²) in [5.74, 6) is 0.476. The van der Waals surface area contributed by atoms with Crippen LogP contribution in [-0.4, -0.2) is 31.3 Å². The number of nitrogens with zero attached hydrogens (tertiary/aromatic N) is 1. The van der Waals surface area contributed by atoms with E-state index in [1.807, 2.05) is 14.1 Å². The largest absolute Gasteiger partial charge is 0.309 e. The van der Waals surface area contributed by atoms with Gasteiger partial charge in [-0.2, -0.15) is 0 Å². The summed E-state index contributed by atoms with van der Waals surface area (Å²) in [5.41, 5.74) is 0.0896. The Labute approximate surface area is 74.9 Å². The van der Waals surface area contributed by atoms with E-state index in [4.69, 9.17) is 0 Å². The summed E-state index contributed by atoms with van der Waals surface area (Å²) in [7, 11) is 4.09. The predicted molar refractivity (Wildman–Crippen MR) is 50.1 cm³/mol. The number of hydrogen-bond donors (Lipinski definition) is 0. The van der Waals surface area contributed by atoms with E-state index in [0.717, 1.165) is 32.2 Å². The van der Waals surface area contributed by atoms with Gasteiger partial charge in [0, 0.05) is 11.8 Å². The van der Waals surface area contributed by atoms with Crippen molar-refractivity contribution >= 4 is 5.78 Å². The fraction of sp³-hybridized carbons (Fsp3) is 0.900. The molecule has 1 rings (SSSR count). The van der Waals surface area contributed by atoms with Crippen LogP contribution >= 0.6 is 0 Å². The SMILES string of the molecule is CN(C)CCCC(=O)C1(C)CC1. The number of carbonyl (C=O) groups is 1. The first-order chi connectivity index (χ1) is 5.54. The van der Waals surface area contributed by atoms with Gasteiger partial charge in [-0.25, -0.2) is 0 Å². The molecule has 0 atom stereocenters. The van der Waals surface area contributed by atoms with Crippen molar-refractivity contribution in [2.75, 3.05) is 20.6 Å². The third-order valence-electron chi connectivity index (χ3n) is 2.68. The molecule has 0 bridgehead atoms. The molecule has 1 fully saturated rings. The average Bonchev–Trinajstić information content (AvgIpc) is 2.68. The van der Waals surface area contributed by atoms with Crippen LogP contribution in [0.3, 0.4) is 0 Å². The molecule has 1 aliphatic rings. The van der Waals surface area contributed by atoms with Crippen LogP contribution in [0.1, 0.15) is 32.6 Å². The van der Waals surface area contributed by atoms with E-state index in [0.29, 0.717) is 5.78 Å². The maximum atomic E-state index is 11.5. The molecule has 0 amide bonds. The van der Waals surface area contributed by atoms with Crippen molar-refractivity contribution in [3.63, 3.8) is 0 Å². The monoisotopic (exact) mass is 169 g/mol. The predicted octanol–water partition coefficient (Wildman–Crippen LogP) is 1.70. The lowest BCUT2D eigenvalue weighted by atomic mass is 10.00. The van der Waals surface area contributed by atoms with Gasteiger partial charge in [0.2, 0.25) is 0 Å². The van der Waals surface area contributed by atoms with Crippen LogP contribution in [-0.2, 0) is 4.79 Å². The van der Waals surface area contributed by atoms with E-state index in [-0.39, 0.29) is 5.41 Å². The Morgan fingerprint density at radius 1 is 1.42 bits per heavy atom. The maximum absolute atomic E-state index is 11.5. The van der Waals surface area contributed by atoms with E-state index in [9.17, 15) is 4.79 Å². The van der Waals surface area contributed by atoms with Crippen LogP contribution in [0.2, 0.25) is 0 Å². The van der Waals surface area contributed by atoms with Gasteiger partial charge < -0.3 is 4.90 Å². The summed E-state index contributed by atoms with van der Waals surface area (Å²) >= 11 is 0. The Kier molecular flexibility index (Phi) is 2.89. The first-order valence-electron chi connectivity index (χ1n) is 4.73. The van der Waals surface area contributed by atoms with Gasteiger partial charge in [-0.1, -0.05) is 6.92 Å². The van der Waals surface area contributed by atoms with Gasteiger partial charge in [0.05, 0.1) is 0 Å². The van der Waals surface area contributed by atoms with Gasteiger partial charge >= 0.3 is 0 Å². The summed E-state index contributed by atoms with van der Waals surface area (Å²) in [6, 6.07) is 0. The minimum atomic E-state index is 0.0896. The van der Waals surface area contributed by atoms with Crippen molar-refractivity contribution < 1.29 is 4.79 Å². The molecular formula is C10H19NO. The summed E-state index contributed by atoms with van der Waals surface area (Å²) in [6.45, 7) is 3.12. The molecule has 2 heteroatoms. The molecule has 0 heterocycles. The highest BCUT2D eigenvalue weighted by molar-refractivity contribution is 5.86. The second-order valence-electron chi connectivity index (χ2n) is 4.39. The Bertz CT molecular complexity index is 171. The summed E-state index contributed by atoms with van der Waals surface area (Å²) in [4.78, 5) is 13.6. The Morgan fingerprint density at radius 3 is 2.42 bits per heavy atom. The van der Waals surface area contributed by atoms with Gasteiger partial charge in [0.1, 0.15) is 5.78 Å². The molecule has 0 spiro atoms. The zero-order chi connectivity index (χ0) is 9.19. The average molecular weight is 169 g/mol. The van der Waals surface area contributed by atoms with Crippen molar-refractivity contribution in [3.8, 4) is 0 Å².